The maximum atomic E-state index is 12.7. The van der Waals surface area contributed by atoms with Gasteiger partial charge in [0.05, 0.1) is 6.54 Å². The van der Waals surface area contributed by atoms with Gasteiger partial charge in [-0.15, -0.1) is 11.3 Å². The molecule has 4 nitrogen and oxygen atoms in total. The Morgan fingerprint density at radius 2 is 2.12 bits per heavy atom. The Hall–Kier alpha value is -2.01. The molecule has 0 bridgehead atoms. The van der Waals surface area contributed by atoms with Gasteiger partial charge in [-0.1, -0.05) is 6.92 Å². The number of thiophene rings is 1. The van der Waals surface area contributed by atoms with E-state index in [1.54, 1.807) is 17.4 Å². The molecule has 1 aromatic carbocycles. The van der Waals surface area contributed by atoms with Crippen molar-refractivity contribution in [2.45, 2.75) is 33.2 Å². The fourth-order valence-electron chi connectivity index (χ4n) is 3.19. The molecular formula is C19H21NO3S. The van der Waals surface area contributed by atoms with Crippen LogP contribution in [0.4, 0.5) is 0 Å². The van der Waals surface area contributed by atoms with E-state index in [-0.39, 0.29) is 17.1 Å². The standard InChI is InChI=1S/C19H21NO3S/c1-12-3-4-16(24-12)13-9-14-11-20(18(22)19(2)5-6-19)7-8-23-17(14)15(21)10-13/h3-4,9-10,21H,5-8,11H2,1-2H3. The van der Waals surface area contributed by atoms with E-state index >= 15 is 0 Å². The van der Waals surface area contributed by atoms with Crippen molar-refractivity contribution in [3.05, 3.63) is 34.7 Å². The fraction of sp³-hybridized carbons (Fsp3) is 0.421. The van der Waals surface area contributed by atoms with Crippen molar-refractivity contribution in [1.82, 2.24) is 4.90 Å². The minimum atomic E-state index is -0.185. The molecule has 0 unspecified atom stereocenters. The normalized spacial score (nSPS) is 18.5. The van der Waals surface area contributed by atoms with Crippen LogP contribution in [0.2, 0.25) is 0 Å². The van der Waals surface area contributed by atoms with Gasteiger partial charge < -0.3 is 14.7 Å². The van der Waals surface area contributed by atoms with Gasteiger partial charge in [-0.05, 0) is 49.6 Å². The topological polar surface area (TPSA) is 49.8 Å². The fourth-order valence-corrected chi connectivity index (χ4v) is 4.04. The van der Waals surface area contributed by atoms with E-state index in [9.17, 15) is 9.90 Å². The third-order valence-electron chi connectivity index (χ3n) is 4.94. The van der Waals surface area contributed by atoms with Crippen LogP contribution >= 0.6 is 11.3 Å². The summed E-state index contributed by atoms with van der Waals surface area (Å²) in [7, 11) is 0. The first-order valence-electron chi connectivity index (χ1n) is 8.31. The summed E-state index contributed by atoms with van der Waals surface area (Å²) in [6.07, 6.45) is 1.94. The summed E-state index contributed by atoms with van der Waals surface area (Å²) in [4.78, 5) is 16.9. The van der Waals surface area contributed by atoms with Crippen molar-refractivity contribution in [2.24, 2.45) is 5.41 Å². The number of amides is 1. The zero-order chi connectivity index (χ0) is 16.9. The van der Waals surface area contributed by atoms with Crippen LogP contribution in [0.5, 0.6) is 11.5 Å². The van der Waals surface area contributed by atoms with Gasteiger partial charge in [0.1, 0.15) is 6.61 Å². The molecule has 0 radical (unpaired) electrons. The summed E-state index contributed by atoms with van der Waals surface area (Å²) in [5.74, 6) is 0.875. The molecule has 24 heavy (non-hydrogen) atoms. The number of fused-ring (bicyclic) bond motifs is 1. The Morgan fingerprint density at radius 3 is 2.79 bits per heavy atom. The molecular weight excluding hydrogens is 322 g/mol. The highest BCUT2D eigenvalue weighted by atomic mass is 32.1. The Bertz CT molecular complexity index is 807. The second-order valence-electron chi connectivity index (χ2n) is 7.03. The molecule has 1 aromatic heterocycles. The van der Waals surface area contributed by atoms with Gasteiger partial charge in [0.15, 0.2) is 11.5 Å². The zero-order valence-electron chi connectivity index (χ0n) is 14.0. The Balaban J connectivity index is 1.69. The Labute approximate surface area is 145 Å². The number of aryl methyl sites for hydroxylation is 1. The molecule has 2 aromatic rings. The van der Waals surface area contributed by atoms with Crippen molar-refractivity contribution < 1.29 is 14.6 Å². The summed E-state index contributed by atoms with van der Waals surface area (Å²) in [6.45, 7) is 5.58. The number of ether oxygens (including phenoxy) is 1. The van der Waals surface area contributed by atoms with Gasteiger partial charge in [-0.2, -0.15) is 0 Å². The van der Waals surface area contributed by atoms with Crippen molar-refractivity contribution in [3.63, 3.8) is 0 Å². The molecule has 126 valence electrons. The van der Waals surface area contributed by atoms with Crippen LogP contribution in [0.25, 0.3) is 10.4 Å². The number of rotatable bonds is 2. The number of hydrogen-bond acceptors (Lipinski definition) is 4. The smallest absolute Gasteiger partial charge is 0.228 e. The quantitative estimate of drug-likeness (QED) is 0.898. The van der Waals surface area contributed by atoms with Crippen LogP contribution in [0.15, 0.2) is 24.3 Å². The second-order valence-corrected chi connectivity index (χ2v) is 8.32. The second kappa shape index (κ2) is 5.52. The molecule has 0 spiro atoms. The summed E-state index contributed by atoms with van der Waals surface area (Å²) in [5.41, 5.74) is 1.67. The molecule has 1 amide bonds. The maximum Gasteiger partial charge on any atom is 0.228 e. The van der Waals surface area contributed by atoms with Crippen molar-refractivity contribution >= 4 is 17.2 Å². The SMILES string of the molecule is Cc1ccc(-c2cc(O)c3c(c2)CN(C(=O)C2(C)CC2)CCO3)s1. The minimum Gasteiger partial charge on any atom is -0.504 e. The summed E-state index contributed by atoms with van der Waals surface area (Å²) in [5, 5.41) is 10.4. The third-order valence-corrected chi connectivity index (χ3v) is 5.99. The predicted octanol–water partition coefficient (Wildman–Crippen LogP) is 3.95. The lowest BCUT2D eigenvalue weighted by atomic mass is 10.0. The molecule has 1 aliphatic carbocycles. The first-order valence-corrected chi connectivity index (χ1v) is 9.13. The Morgan fingerprint density at radius 1 is 1.33 bits per heavy atom. The number of carbonyl (C=O) groups excluding carboxylic acids is 1. The summed E-state index contributed by atoms with van der Waals surface area (Å²) < 4.78 is 5.75. The van der Waals surface area contributed by atoms with Gasteiger partial charge in [0.2, 0.25) is 5.91 Å². The van der Waals surface area contributed by atoms with Gasteiger partial charge in [0, 0.05) is 27.3 Å². The lowest BCUT2D eigenvalue weighted by Gasteiger charge is -2.23. The van der Waals surface area contributed by atoms with E-state index in [0.29, 0.717) is 25.4 Å². The number of phenols is 1. The van der Waals surface area contributed by atoms with Gasteiger partial charge >= 0.3 is 0 Å². The largest absolute Gasteiger partial charge is 0.504 e. The lowest BCUT2D eigenvalue weighted by molar-refractivity contribution is -0.137. The molecule has 2 heterocycles. The first kappa shape index (κ1) is 15.5. The van der Waals surface area contributed by atoms with Crippen molar-refractivity contribution in [2.75, 3.05) is 13.2 Å². The highest BCUT2D eigenvalue weighted by molar-refractivity contribution is 7.15. The first-order chi connectivity index (χ1) is 11.5. The van der Waals surface area contributed by atoms with Gasteiger partial charge in [-0.25, -0.2) is 0 Å². The number of aromatic hydroxyl groups is 1. The molecule has 2 aliphatic rings. The average molecular weight is 343 g/mol. The third kappa shape index (κ3) is 2.67. The van der Waals surface area contributed by atoms with Crippen LogP contribution < -0.4 is 4.74 Å². The van der Waals surface area contributed by atoms with Crippen LogP contribution in [0.3, 0.4) is 0 Å². The van der Waals surface area contributed by atoms with Crippen LogP contribution in [0.1, 0.15) is 30.2 Å². The molecule has 5 heteroatoms. The predicted molar refractivity (Wildman–Crippen MR) is 94.4 cm³/mol. The molecule has 1 aliphatic heterocycles. The van der Waals surface area contributed by atoms with E-state index in [4.69, 9.17) is 4.74 Å². The van der Waals surface area contributed by atoms with E-state index in [2.05, 4.69) is 19.1 Å². The number of nitrogens with zero attached hydrogens (tertiary/aromatic N) is 1. The zero-order valence-corrected chi connectivity index (χ0v) is 14.8. The minimum absolute atomic E-state index is 0.153. The molecule has 1 saturated carbocycles. The molecule has 1 fully saturated rings. The van der Waals surface area contributed by atoms with Crippen molar-refractivity contribution in [1.29, 1.82) is 0 Å². The van der Waals surface area contributed by atoms with E-state index in [0.717, 1.165) is 28.8 Å². The molecule has 1 N–H and O–H groups in total. The number of carbonyl (C=O) groups is 1. The summed E-state index contributed by atoms with van der Waals surface area (Å²) >= 11 is 1.69. The summed E-state index contributed by atoms with van der Waals surface area (Å²) in [6, 6.07) is 7.93. The van der Waals surface area contributed by atoms with E-state index in [1.807, 2.05) is 17.9 Å². The molecule has 4 rings (SSSR count). The highest BCUT2D eigenvalue weighted by Crippen LogP contribution is 2.47. The molecule has 0 atom stereocenters. The van der Waals surface area contributed by atoms with E-state index < -0.39 is 0 Å². The lowest BCUT2D eigenvalue weighted by Crippen LogP contribution is -2.37. The van der Waals surface area contributed by atoms with Crippen LogP contribution in [0, 0.1) is 12.3 Å². The van der Waals surface area contributed by atoms with E-state index in [1.165, 1.54) is 4.88 Å². The van der Waals surface area contributed by atoms with Gasteiger partial charge in [0.25, 0.3) is 0 Å². The van der Waals surface area contributed by atoms with Gasteiger partial charge in [-0.3, -0.25) is 4.79 Å². The number of benzene rings is 1. The maximum absolute atomic E-state index is 12.7. The highest BCUT2D eigenvalue weighted by Gasteiger charge is 2.47. The van der Waals surface area contributed by atoms with Crippen molar-refractivity contribution in [3.8, 4) is 21.9 Å². The number of phenolic OH excluding ortho intramolecular Hbond substituents is 1. The molecule has 0 saturated heterocycles. The number of hydrogen-bond donors (Lipinski definition) is 1. The Kier molecular flexibility index (Phi) is 3.57. The van der Waals surface area contributed by atoms with Crippen LogP contribution in [-0.4, -0.2) is 29.1 Å². The van der Waals surface area contributed by atoms with Crippen LogP contribution in [-0.2, 0) is 11.3 Å². The average Bonchev–Trinajstić information content (AvgIpc) is 3.22. The monoisotopic (exact) mass is 343 g/mol.